The standard InChI is InChI=1S/C16H20N4O3/c1-10-14(11(2)20(3)19-10)18-16(22)15(21)17-9-12-7-5-6-8-13(12)23-4/h5-8H,9H2,1-4H3,(H,17,21)(H,18,22). The second-order valence-corrected chi connectivity index (χ2v) is 5.12. The van der Waals surface area contributed by atoms with Gasteiger partial charge in [-0.3, -0.25) is 14.3 Å². The summed E-state index contributed by atoms with van der Waals surface area (Å²) in [5.41, 5.74) is 2.80. The van der Waals surface area contributed by atoms with Gasteiger partial charge < -0.3 is 15.4 Å². The fraction of sp³-hybridized carbons (Fsp3) is 0.312. The first-order valence-corrected chi connectivity index (χ1v) is 7.15. The average molecular weight is 316 g/mol. The number of nitrogens with one attached hydrogen (secondary N) is 2. The number of amides is 2. The molecular formula is C16H20N4O3. The number of nitrogens with zero attached hydrogens (tertiary/aromatic N) is 2. The third kappa shape index (κ3) is 3.68. The van der Waals surface area contributed by atoms with Crippen LogP contribution in [-0.4, -0.2) is 28.7 Å². The highest BCUT2D eigenvalue weighted by Gasteiger charge is 2.18. The van der Waals surface area contributed by atoms with Gasteiger partial charge in [0.2, 0.25) is 0 Å². The molecular weight excluding hydrogens is 296 g/mol. The summed E-state index contributed by atoms with van der Waals surface area (Å²) >= 11 is 0. The maximum atomic E-state index is 12.0. The van der Waals surface area contributed by atoms with E-state index in [9.17, 15) is 9.59 Å². The molecule has 0 fully saturated rings. The van der Waals surface area contributed by atoms with E-state index in [0.29, 0.717) is 17.1 Å². The molecule has 122 valence electrons. The number of aryl methyl sites for hydroxylation is 2. The number of benzene rings is 1. The fourth-order valence-corrected chi connectivity index (χ4v) is 2.23. The lowest BCUT2D eigenvalue weighted by atomic mass is 10.2. The van der Waals surface area contributed by atoms with Crippen LogP contribution in [0.25, 0.3) is 0 Å². The molecule has 2 aromatic rings. The Morgan fingerprint density at radius 3 is 2.52 bits per heavy atom. The Bertz CT molecular complexity index is 737. The Morgan fingerprint density at radius 1 is 1.22 bits per heavy atom. The molecule has 0 saturated heterocycles. The minimum Gasteiger partial charge on any atom is -0.496 e. The van der Waals surface area contributed by atoms with Crippen LogP contribution in [0.15, 0.2) is 24.3 Å². The van der Waals surface area contributed by atoms with E-state index in [1.807, 2.05) is 25.1 Å². The van der Waals surface area contributed by atoms with Crippen molar-refractivity contribution in [2.45, 2.75) is 20.4 Å². The van der Waals surface area contributed by atoms with Crippen molar-refractivity contribution in [3.05, 3.63) is 41.2 Å². The second-order valence-electron chi connectivity index (χ2n) is 5.12. The molecule has 0 unspecified atom stereocenters. The highest BCUT2D eigenvalue weighted by molar-refractivity contribution is 6.39. The van der Waals surface area contributed by atoms with Gasteiger partial charge >= 0.3 is 11.8 Å². The van der Waals surface area contributed by atoms with Gasteiger partial charge in [-0.2, -0.15) is 5.10 Å². The predicted molar refractivity (Wildman–Crippen MR) is 86.2 cm³/mol. The number of carbonyl (C=O) groups is 2. The summed E-state index contributed by atoms with van der Waals surface area (Å²) in [7, 11) is 3.33. The van der Waals surface area contributed by atoms with Gasteiger partial charge in [-0.25, -0.2) is 0 Å². The average Bonchev–Trinajstić information content (AvgIpc) is 2.79. The zero-order valence-electron chi connectivity index (χ0n) is 13.6. The third-order valence-electron chi connectivity index (χ3n) is 3.59. The number of para-hydroxylation sites is 1. The van der Waals surface area contributed by atoms with E-state index < -0.39 is 11.8 Å². The van der Waals surface area contributed by atoms with Gasteiger partial charge in [-0.1, -0.05) is 18.2 Å². The number of carbonyl (C=O) groups excluding carboxylic acids is 2. The van der Waals surface area contributed by atoms with Gasteiger partial charge in [0.05, 0.1) is 24.2 Å². The molecule has 0 radical (unpaired) electrons. The molecule has 0 bridgehead atoms. The highest BCUT2D eigenvalue weighted by Crippen LogP contribution is 2.18. The Kier molecular flexibility index (Phi) is 5.00. The number of aromatic nitrogens is 2. The van der Waals surface area contributed by atoms with Crippen LogP contribution in [0.1, 0.15) is 17.0 Å². The van der Waals surface area contributed by atoms with E-state index in [1.165, 1.54) is 0 Å². The van der Waals surface area contributed by atoms with E-state index >= 15 is 0 Å². The molecule has 7 nitrogen and oxygen atoms in total. The minimum atomic E-state index is -0.723. The number of anilines is 1. The molecule has 2 N–H and O–H groups in total. The number of hydrogen-bond acceptors (Lipinski definition) is 4. The molecule has 0 aliphatic carbocycles. The van der Waals surface area contributed by atoms with Gasteiger partial charge in [0.15, 0.2) is 0 Å². The molecule has 0 atom stereocenters. The van der Waals surface area contributed by atoms with Crippen molar-refractivity contribution < 1.29 is 14.3 Å². The zero-order chi connectivity index (χ0) is 17.0. The molecule has 2 amide bonds. The Balaban J connectivity index is 1.99. The third-order valence-corrected chi connectivity index (χ3v) is 3.59. The fourth-order valence-electron chi connectivity index (χ4n) is 2.23. The summed E-state index contributed by atoms with van der Waals surface area (Å²) in [6.45, 7) is 3.80. The first kappa shape index (κ1) is 16.5. The van der Waals surface area contributed by atoms with E-state index in [4.69, 9.17) is 4.74 Å². The highest BCUT2D eigenvalue weighted by atomic mass is 16.5. The van der Waals surface area contributed by atoms with Gasteiger partial charge in [0.25, 0.3) is 0 Å². The largest absolute Gasteiger partial charge is 0.496 e. The van der Waals surface area contributed by atoms with Crippen LogP contribution in [0.3, 0.4) is 0 Å². The van der Waals surface area contributed by atoms with E-state index in [2.05, 4.69) is 15.7 Å². The second kappa shape index (κ2) is 6.95. The minimum absolute atomic E-state index is 0.210. The van der Waals surface area contributed by atoms with Crippen molar-refractivity contribution in [3.63, 3.8) is 0 Å². The lowest BCUT2D eigenvalue weighted by Crippen LogP contribution is -2.35. The number of hydrogen-bond donors (Lipinski definition) is 2. The summed E-state index contributed by atoms with van der Waals surface area (Å²) in [5, 5.41) is 9.37. The van der Waals surface area contributed by atoms with Gasteiger partial charge in [0.1, 0.15) is 5.75 Å². The van der Waals surface area contributed by atoms with Crippen LogP contribution in [0, 0.1) is 13.8 Å². The molecule has 2 rings (SSSR count). The molecule has 0 saturated carbocycles. The number of methoxy groups -OCH3 is 1. The summed E-state index contributed by atoms with van der Waals surface area (Å²) in [6, 6.07) is 7.30. The maximum absolute atomic E-state index is 12.0. The maximum Gasteiger partial charge on any atom is 0.313 e. The topological polar surface area (TPSA) is 85.2 Å². The molecule has 7 heteroatoms. The molecule has 1 heterocycles. The first-order chi connectivity index (χ1) is 10.9. The molecule has 0 spiro atoms. The number of ether oxygens (including phenoxy) is 1. The van der Waals surface area contributed by atoms with Crippen LogP contribution in [0.2, 0.25) is 0 Å². The van der Waals surface area contributed by atoms with Crippen LogP contribution in [0.5, 0.6) is 5.75 Å². The zero-order valence-corrected chi connectivity index (χ0v) is 13.6. The van der Waals surface area contributed by atoms with E-state index in [0.717, 1.165) is 11.3 Å². The first-order valence-electron chi connectivity index (χ1n) is 7.15. The van der Waals surface area contributed by atoms with Crippen molar-refractivity contribution >= 4 is 17.5 Å². The van der Waals surface area contributed by atoms with Crippen LogP contribution in [-0.2, 0) is 23.2 Å². The lowest BCUT2D eigenvalue weighted by Gasteiger charge is -2.10. The summed E-state index contributed by atoms with van der Waals surface area (Å²) in [4.78, 5) is 24.0. The molecule has 1 aromatic carbocycles. The molecule has 1 aromatic heterocycles. The summed E-state index contributed by atoms with van der Waals surface area (Å²) in [6.07, 6.45) is 0. The van der Waals surface area contributed by atoms with Crippen LogP contribution in [0.4, 0.5) is 5.69 Å². The summed E-state index contributed by atoms with van der Waals surface area (Å²) in [5.74, 6) is -0.773. The Hall–Kier alpha value is -2.83. The van der Waals surface area contributed by atoms with Crippen molar-refractivity contribution in [3.8, 4) is 5.75 Å². The van der Waals surface area contributed by atoms with Gasteiger partial charge in [-0.15, -0.1) is 0 Å². The predicted octanol–water partition coefficient (Wildman–Crippen LogP) is 1.30. The normalized spacial score (nSPS) is 10.3. The van der Waals surface area contributed by atoms with E-state index in [-0.39, 0.29) is 6.54 Å². The van der Waals surface area contributed by atoms with Crippen molar-refractivity contribution in [1.29, 1.82) is 0 Å². The van der Waals surface area contributed by atoms with Gasteiger partial charge in [0, 0.05) is 19.2 Å². The van der Waals surface area contributed by atoms with Gasteiger partial charge in [-0.05, 0) is 19.9 Å². The Labute approximate surface area is 134 Å². The molecule has 0 aliphatic heterocycles. The quantitative estimate of drug-likeness (QED) is 0.833. The monoisotopic (exact) mass is 316 g/mol. The Morgan fingerprint density at radius 2 is 1.91 bits per heavy atom. The van der Waals surface area contributed by atoms with Crippen molar-refractivity contribution in [2.75, 3.05) is 12.4 Å². The van der Waals surface area contributed by atoms with Crippen LogP contribution >= 0.6 is 0 Å². The van der Waals surface area contributed by atoms with Crippen molar-refractivity contribution in [2.24, 2.45) is 7.05 Å². The van der Waals surface area contributed by atoms with E-state index in [1.54, 1.807) is 31.8 Å². The smallest absolute Gasteiger partial charge is 0.313 e. The lowest BCUT2D eigenvalue weighted by molar-refractivity contribution is -0.136. The molecule has 0 aliphatic rings. The molecule has 23 heavy (non-hydrogen) atoms. The summed E-state index contributed by atoms with van der Waals surface area (Å²) < 4.78 is 6.86. The van der Waals surface area contributed by atoms with Crippen LogP contribution < -0.4 is 15.4 Å². The SMILES string of the molecule is COc1ccccc1CNC(=O)C(=O)Nc1c(C)nn(C)c1C. The van der Waals surface area contributed by atoms with Crippen molar-refractivity contribution in [1.82, 2.24) is 15.1 Å². The number of rotatable bonds is 4.